The number of carboxylic acids is 1. The Morgan fingerprint density at radius 2 is 1.78 bits per heavy atom. The van der Waals surface area contributed by atoms with Crippen LogP contribution < -0.4 is 9.64 Å². The first kappa shape index (κ1) is 20.8. The van der Waals surface area contributed by atoms with Crippen molar-refractivity contribution in [2.45, 2.75) is 52.1 Å². The molecule has 2 aromatic rings. The molecule has 0 amide bonds. The Kier molecular flexibility index (Phi) is 8.69. The normalized spacial score (nSPS) is 15.8. The van der Waals surface area contributed by atoms with Gasteiger partial charge in [0, 0.05) is 25.1 Å². The van der Waals surface area contributed by atoms with Crippen molar-refractivity contribution in [3.8, 4) is 5.75 Å². The van der Waals surface area contributed by atoms with E-state index in [4.69, 9.17) is 9.84 Å². The Morgan fingerprint density at radius 1 is 1.07 bits per heavy atom. The molecule has 1 fully saturated rings. The predicted molar refractivity (Wildman–Crippen MR) is 111 cm³/mol. The van der Waals surface area contributed by atoms with E-state index in [1.54, 1.807) is 0 Å². The van der Waals surface area contributed by atoms with Gasteiger partial charge < -0.3 is 14.7 Å². The third-order valence-electron chi connectivity index (χ3n) is 4.60. The average Bonchev–Trinajstić information content (AvgIpc) is 3.16. The molecule has 0 aromatic heterocycles. The van der Waals surface area contributed by atoms with Crippen LogP contribution in [0.4, 0.5) is 5.69 Å². The van der Waals surface area contributed by atoms with Crippen molar-refractivity contribution in [2.75, 3.05) is 18.0 Å². The standard InChI is InChI=1S/C21H25NO3.C2H6/c23-21(24)9-5-4-6-17-10-12-18(13-11-17)22-15-14-20(16-22)25-19-7-2-1-3-8-19;1-2/h1-3,7-8,10-13,20H,4-6,9,14-16H2,(H,23,24);1-2H3/t20-;/m0./s1. The van der Waals surface area contributed by atoms with Crippen molar-refractivity contribution in [1.29, 1.82) is 0 Å². The third kappa shape index (κ3) is 6.97. The van der Waals surface area contributed by atoms with Crippen molar-refractivity contribution in [1.82, 2.24) is 0 Å². The SMILES string of the molecule is CC.O=C(O)CCCCc1ccc(N2CC[C@H](Oc3ccccc3)C2)cc1. The number of ether oxygens (including phenoxy) is 1. The lowest BCUT2D eigenvalue weighted by Gasteiger charge is -2.19. The topological polar surface area (TPSA) is 49.8 Å². The van der Waals surface area contributed by atoms with E-state index in [0.717, 1.165) is 44.5 Å². The first-order chi connectivity index (χ1) is 13.2. The fourth-order valence-corrected chi connectivity index (χ4v) is 3.23. The number of para-hydroxylation sites is 1. The van der Waals surface area contributed by atoms with Crippen LogP contribution >= 0.6 is 0 Å². The van der Waals surface area contributed by atoms with Crippen LogP contribution in [0, 0.1) is 0 Å². The minimum atomic E-state index is -0.711. The summed E-state index contributed by atoms with van der Waals surface area (Å²) in [5.74, 6) is 0.225. The largest absolute Gasteiger partial charge is 0.489 e. The number of anilines is 1. The van der Waals surface area contributed by atoms with E-state index in [9.17, 15) is 4.79 Å². The maximum absolute atomic E-state index is 10.5. The number of unbranched alkanes of at least 4 members (excludes halogenated alkanes) is 1. The van der Waals surface area contributed by atoms with Gasteiger partial charge in [0.1, 0.15) is 11.9 Å². The Bertz CT molecular complexity index is 670. The zero-order valence-electron chi connectivity index (χ0n) is 16.4. The highest BCUT2D eigenvalue weighted by atomic mass is 16.5. The molecule has 0 aliphatic carbocycles. The van der Waals surface area contributed by atoms with Gasteiger partial charge in [-0.25, -0.2) is 0 Å². The molecule has 4 nitrogen and oxygen atoms in total. The molecule has 0 radical (unpaired) electrons. The number of aliphatic carboxylic acids is 1. The van der Waals surface area contributed by atoms with E-state index in [0.29, 0.717) is 0 Å². The molecule has 0 unspecified atom stereocenters. The van der Waals surface area contributed by atoms with Gasteiger partial charge in [-0.3, -0.25) is 4.79 Å². The molecule has 1 N–H and O–H groups in total. The molecule has 0 saturated carbocycles. The molecule has 1 atom stereocenters. The molecule has 1 saturated heterocycles. The van der Waals surface area contributed by atoms with Gasteiger partial charge in [0.25, 0.3) is 0 Å². The second-order valence-corrected chi connectivity index (χ2v) is 6.55. The summed E-state index contributed by atoms with van der Waals surface area (Å²) in [6.45, 7) is 5.92. The second-order valence-electron chi connectivity index (χ2n) is 6.55. The fourth-order valence-electron chi connectivity index (χ4n) is 3.23. The van der Waals surface area contributed by atoms with Crippen molar-refractivity contribution in [3.05, 3.63) is 60.2 Å². The van der Waals surface area contributed by atoms with E-state index in [1.165, 1.54) is 11.3 Å². The van der Waals surface area contributed by atoms with Gasteiger partial charge in [-0.15, -0.1) is 0 Å². The molecule has 27 heavy (non-hydrogen) atoms. The van der Waals surface area contributed by atoms with E-state index in [1.807, 2.05) is 44.2 Å². The zero-order valence-corrected chi connectivity index (χ0v) is 16.4. The summed E-state index contributed by atoms with van der Waals surface area (Å²) < 4.78 is 6.05. The summed E-state index contributed by atoms with van der Waals surface area (Å²) in [5, 5.41) is 8.67. The van der Waals surface area contributed by atoms with Crippen LogP contribution in [-0.4, -0.2) is 30.3 Å². The lowest BCUT2D eigenvalue weighted by Crippen LogP contribution is -2.24. The van der Waals surface area contributed by atoms with Crippen molar-refractivity contribution in [3.63, 3.8) is 0 Å². The first-order valence-electron chi connectivity index (χ1n) is 9.98. The monoisotopic (exact) mass is 369 g/mol. The average molecular weight is 370 g/mol. The van der Waals surface area contributed by atoms with E-state index in [-0.39, 0.29) is 12.5 Å². The van der Waals surface area contributed by atoms with Gasteiger partial charge in [-0.1, -0.05) is 44.2 Å². The smallest absolute Gasteiger partial charge is 0.303 e. The van der Waals surface area contributed by atoms with Crippen molar-refractivity contribution in [2.24, 2.45) is 0 Å². The molecule has 0 bridgehead atoms. The maximum Gasteiger partial charge on any atom is 0.303 e. The second kappa shape index (κ2) is 11.3. The van der Waals surface area contributed by atoms with Gasteiger partial charge >= 0.3 is 5.97 Å². The van der Waals surface area contributed by atoms with Crippen molar-refractivity contribution < 1.29 is 14.6 Å². The van der Waals surface area contributed by atoms with Crippen molar-refractivity contribution >= 4 is 11.7 Å². The number of carboxylic acid groups (broad SMARTS) is 1. The van der Waals surface area contributed by atoms with E-state index in [2.05, 4.69) is 29.2 Å². The first-order valence-corrected chi connectivity index (χ1v) is 9.98. The quantitative estimate of drug-likeness (QED) is 0.652. The molecule has 1 aliphatic rings. The highest BCUT2D eigenvalue weighted by Crippen LogP contribution is 2.24. The summed E-state index contributed by atoms with van der Waals surface area (Å²) in [5.41, 5.74) is 2.50. The van der Waals surface area contributed by atoms with Crippen LogP contribution in [0.2, 0.25) is 0 Å². The summed E-state index contributed by atoms with van der Waals surface area (Å²) >= 11 is 0. The molecule has 0 spiro atoms. The number of carbonyl (C=O) groups is 1. The number of rotatable bonds is 8. The highest BCUT2D eigenvalue weighted by Gasteiger charge is 2.24. The van der Waals surface area contributed by atoms with Gasteiger partial charge in [-0.2, -0.15) is 0 Å². The van der Waals surface area contributed by atoms with Gasteiger partial charge in [0.05, 0.1) is 6.54 Å². The Balaban J connectivity index is 0.00000126. The van der Waals surface area contributed by atoms with E-state index < -0.39 is 5.97 Å². The molecular weight excluding hydrogens is 338 g/mol. The third-order valence-corrected chi connectivity index (χ3v) is 4.60. The summed E-state index contributed by atoms with van der Waals surface area (Å²) in [6, 6.07) is 18.6. The number of aryl methyl sites for hydroxylation is 1. The number of benzene rings is 2. The van der Waals surface area contributed by atoms with Gasteiger partial charge in [-0.05, 0) is 49.1 Å². The van der Waals surface area contributed by atoms with E-state index >= 15 is 0 Å². The molecule has 2 aromatic carbocycles. The summed E-state index contributed by atoms with van der Waals surface area (Å²) in [6.07, 6.45) is 4.12. The maximum atomic E-state index is 10.5. The highest BCUT2D eigenvalue weighted by molar-refractivity contribution is 5.66. The number of hydrogen-bond donors (Lipinski definition) is 1. The van der Waals surface area contributed by atoms with Gasteiger partial charge in [0.2, 0.25) is 0 Å². The van der Waals surface area contributed by atoms with Crippen LogP contribution in [0.5, 0.6) is 5.75 Å². The molecule has 3 rings (SSSR count). The lowest BCUT2D eigenvalue weighted by atomic mass is 10.1. The summed E-state index contributed by atoms with van der Waals surface area (Å²) in [4.78, 5) is 12.9. The Labute approximate surface area is 162 Å². The minimum absolute atomic E-state index is 0.234. The van der Waals surface area contributed by atoms with Crippen LogP contribution in [-0.2, 0) is 11.2 Å². The molecule has 146 valence electrons. The lowest BCUT2D eigenvalue weighted by molar-refractivity contribution is -0.137. The van der Waals surface area contributed by atoms with Crippen LogP contribution in [0.1, 0.15) is 45.1 Å². The van der Waals surface area contributed by atoms with Crippen LogP contribution in [0.25, 0.3) is 0 Å². The van der Waals surface area contributed by atoms with Crippen LogP contribution in [0.3, 0.4) is 0 Å². The van der Waals surface area contributed by atoms with Gasteiger partial charge in [0.15, 0.2) is 0 Å². The predicted octanol–water partition coefficient (Wildman–Crippen LogP) is 5.17. The fraction of sp³-hybridized carbons (Fsp3) is 0.435. The zero-order chi connectivity index (χ0) is 19.5. The number of hydrogen-bond acceptors (Lipinski definition) is 3. The summed E-state index contributed by atoms with van der Waals surface area (Å²) in [7, 11) is 0. The molecular formula is C23H31NO3. The molecule has 1 heterocycles. The Hall–Kier alpha value is -2.49. The minimum Gasteiger partial charge on any atom is -0.489 e. The number of nitrogens with zero attached hydrogens (tertiary/aromatic N) is 1. The molecule has 4 heteroatoms. The molecule has 1 aliphatic heterocycles. The Morgan fingerprint density at radius 3 is 2.44 bits per heavy atom. The van der Waals surface area contributed by atoms with Crippen LogP contribution in [0.15, 0.2) is 54.6 Å².